The Morgan fingerprint density at radius 2 is 1.52 bits per heavy atom. The Bertz CT molecular complexity index is 951. The standard InChI is InChI=1S/C20H16F5NO2S/c1-28-12-6-4-11(5-7-12)26(8-9-27)20(13-3-2-10-29-13)14-15(21)17(23)19(25)18(24)16(14)22/h2-7,10,20,27H,8-9H2,1H3. The maximum Gasteiger partial charge on any atom is 0.200 e. The summed E-state index contributed by atoms with van der Waals surface area (Å²) in [6.07, 6.45) is 0. The second kappa shape index (κ2) is 8.79. The zero-order valence-electron chi connectivity index (χ0n) is 15.1. The van der Waals surface area contributed by atoms with Crippen LogP contribution in [0.5, 0.6) is 5.75 Å². The molecule has 0 aliphatic heterocycles. The first kappa shape index (κ1) is 21.1. The lowest BCUT2D eigenvalue weighted by Gasteiger charge is -2.33. The number of thiophene rings is 1. The molecule has 29 heavy (non-hydrogen) atoms. The van der Waals surface area contributed by atoms with Crippen molar-refractivity contribution < 1.29 is 31.8 Å². The smallest absolute Gasteiger partial charge is 0.200 e. The van der Waals surface area contributed by atoms with Gasteiger partial charge in [0.1, 0.15) is 5.75 Å². The lowest BCUT2D eigenvalue weighted by atomic mass is 10.00. The first-order chi connectivity index (χ1) is 13.9. The average Bonchev–Trinajstić information content (AvgIpc) is 3.27. The minimum absolute atomic E-state index is 0.117. The third-order valence-electron chi connectivity index (χ3n) is 4.39. The number of halogens is 5. The van der Waals surface area contributed by atoms with Gasteiger partial charge in [-0.1, -0.05) is 6.07 Å². The van der Waals surface area contributed by atoms with Crippen LogP contribution in [0.3, 0.4) is 0 Å². The molecule has 3 rings (SSSR count). The first-order valence-electron chi connectivity index (χ1n) is 8.47. The molecule has 0 bridgehead atoms. The molecule has 0 fully saturated rings. The van der Waals surface area contributed by atoms with Crippen molar-refractivity contribution in [2.45, 2.75) is 6.04 Å². The van der Waals surface area contributed by atoms with Gasteiger partial charge in [0.15, 0.2) is 23.3 Å². The highest BCUT2D eigenvalue weighted by Crippen LogP contribution is 2.39. The number of aliphatic hydroxyl groups is 1. The van der Waals surface area contributed by atoms with E-state index in [4.69, 9.17) is 4.74 Å². The maximum absolute atomic E-state index is 14.7. The van der Waals surface area contributed by atoms with Crippen molar-refractivity contribution >= 4 is 17.0 Å². The van der Waals surface area contributed by atoms with Gasteiger partial charge in [0.2, 0.25) is 5.82 Å². The van der Waals surface area contributed by atoms with Gasteiger partial charge in [0.25, 0.3) is 0 Å². The van der Waals surface area contributed by atoms with Crippen molar-refractivity contribution in [3.05, 3.63) is 81.3 Å². The molecule has 0 aliphatic carbocycles. The van der Waals surface area contributed by atoms with E-state index in [0.29, 0.717) is 16.3 Å². The Kier molecular flexibility index (Phi) is 6.39. The normalized spacial score (nSPS) is 12.1. The molecule has 0 amide bonds. The molecule has 0 saturated carbocycles. The van der Waals surface area contributed by atoms with Crippen LogP contribution in [0, 0.1) is 29.1 Å². The summed E-state index contributed by atoms with van der Waals surface area (Å²) in [5.41, 5.74) is -0.574. The monoisotopic (exact) mass is 429 g/mol. The summed E-state index contributed by atoms with van der Waals surface area (Å²) < 4.78 is 75.8. The van der Waals surface area contributed by atoms with E-state index in [9.17, 15) is 27.1 Å². The summed E-state index contributed by atoms with van der Waals surface area (Å²) in [7, 11) is 1.46. The zero-order valence-corrected chi connectivity index (χ0v) is 16.0. The van der Waals surface area contributed by atoms with Gasteiger partial charge in [-0.15, -0.1) is 11.3 Å². The number of nitrogens with zero attached hydrogens (tertiary/aromatic N) is 1. The van der Waals surface area contributed by atoms with E-state index >= 15 is 0 Å². The number of benzene rings is 2. The lowest BCUT2D eigenvalue weighted by Crippen LogP contribution is -2.33. The van der Waals surface area contributed by atoms with Crippen molar-refractivity contribution in [3.8, 4) is 5.75 Å². The van der Waals surface area contributed by atoms with Crippen molar-refractivity contribution in [3.63, 3.8) is 0 Å². The summed E-state index contributed by atoms with van der Waals surface area (Å²) in [5, 5.41) is 11.1. The summed E-state index contributed by atoms with van der Waals surface area (Å²) in [4.78, 5) is 1.72. The Morgan fingerprint density at radius 1 is 0.931 bits per heavy atom. The highest BCUT2D eigenvalue weighted by atomic mass is 32.1. The SMILES string of the molecule is COc1ccc(N(CCO)C(c2cccs2)c2c(F)c(F)c(F)c(F)c2F)cc1. The van der Waals surface area contributed by atoms with Crippen LogP contribution in [-0.4, -0.2) is 25.4 Å². The van der Waals surface area contributed by atoms with Crippen LogP contribution in [0.2, 0.25) is 0 Å². The summed E-state index contributed by atoms with van der Waals surface area (Å²) in [5.74, 6) is -9.54. The molecule has 1 atom stereocenters. The molecule has 1 heterocycles. The first-order valence-corrected chi connectivity index (χ1v) is 9.35. The predicted octanol–water partition coefficient (Wildman–Crippen LogP) is 5.04. The quantitative estimate of drug-likeness (QED) is 0.325. The predicted molar refractivity (Wildman–Crippen MR) is 99.8 cm³/mol. The van der Waals surface area contributed by atoms with Crippen LogP contribution < -0.4 is 9.64 Å². The van der Waals surface area contributed by atoms with Crippen LogP contribution in [0.4, 0.5) is 27.6 Å². The molecule has 0 saturated heterocycles. The Morgan fingerprint density at radius 3 is 2.00 bits per heavy atom. The molecule has 0 spiro atoms. The summed E-state index contributed by atoms with van der Waals surface area (Å²) >= 11 is 1.10. The molecule has 1 N–H and O–H groups in total. The van der Waals surface area contributed by atoms with Gasteiger partial charge in [-0.2, -0.15) is 0 Å². The van der Waals surface area contributed by atoms with Gasteiger partial charge in [-0.25, -0.2) is 22.0 Å². The largest absolute Gasteiger partial charge is 0.497 e. The summed E-state index contributed by atoms with van der Waals surface area (Å²) in [6.45, 7) is -0.530. The minimum Gasteiger partial charge on any atom is -0.497 e. The Balaban J connectivity index is 2.25. The van der Waals surface area contributed by atoms with Gasteiger partial charge in [0.05, 0.1) is 25.3 Å². The van der Waals surface area contributed by atoms with Gasteiger partial charge in [-0.05, 0) is 35.7 Å². The molecular weight excluding hydrogens is 413 g/mol. The van der Waals surface area contributed by atoms with E-state index in [1.807, 2.05) is 0 Å². The van der Waals surface area contributed by atoms with Crippen LogP contribution >= 0.6 is 11.3 Å². The van der Waals surface area contributed by atoms with E-state index < -0.39 is 47.3 Å². The fourth-order valence-electron chi connectivity index (χ4n) is 3.05. The molecule has 3 aromatic rings. The van der Waals surface area contributed by atoms with Crippen molar-refractivity contribution in [2.75, 3.05) is 25.2 Å². The number of hydrogen-bond acceptors (Lipinski definition) is 4. The maximum atomic E-state index is 14.7. The highest BCUT2D eigenvalue weighted by molar-refractivity contribution is 7.10. The van der Waals surface area contributed by atoms with Crippen LogP contribution in [0.15, 0.2) is 41.8 Å². The molecule has 9 heteroatoms. The van der Waals surface area contributed by atoms with Crippen molar-refractivity contribution in [1.82, 2.24) is 0 Å². The van der Waals surface area contributed by atoms with E-state index in [2.05, 4.69) is 0 Å². The molecule has 1 aromatic heterocycles. The van der Waals surface area contributed by atoms with Gasteiger partial charge in [-0.3, -0.25) is 0 Å². The second-order valence-electron chi connectivity index (χ2n) is 6.02. The molecule has 2 aromatic carbocycles. The number of anilines is 1. The van der Waals surface area contributed by atoms with Crippen LogP contribution in [-0.2, 0) is 0 Å². The third-order valence-corrected chi connectivity index (χ3v) is 5.31. The summed E-state index contributed by atoms with van der Waals surface area (Å²) in [6, 6.07) is 8.10. The number of aliphatic hydroxyl groups excluding tert-OH is 1. The number of ether oxygens (including phenoxy) is 1. The second-order valence-corrected chi connectivity index (χ2v) is 7.00. The van der Waals surface area contributed by atoms with E-state index in [0.717, 1.165) is 11.3 Å². The van der Waals surface area contributed by atoms with E-state index in [1.54, 1.807) is 35.7 Å². The minimum atomic E-state index is -2.22. The average molecular weight is 429 g/mol. The molecule has 1 unspecified atom stereocenters. The molecule has 0 aliphatic rings. The lowest BCUT2D eigenvalue weighted by molar-refractivity contribution is 0.297. The fraction of sp³-hybridized carbons (Fsp3) is 0.200. The Hall–Kier alpha value is -2.65. The van der Waals surface area contributed by atoms with E-state index in [-0.39, 0.29) is 6.54 Å². The van der Waals surface area contributed by atoms with Crippen LogP contribution in [0.25, 0.3) is 0 Å². The highest BCUT2D eigenvalue weighted by Gasteiger charge is 2.35. The molecule has 154 valence electrons. The van der Waals surface area contributed by atoms with Gasteiger partial charge >= 0.3 is 0 Å². The number of hydrogen-bond donors (Lipinski definition) is 1. The van der Waals surface area contributed by atoms with E-state index in [1.165, 1.54) is 18.1 Å². The molecule has 0 radical (unpaired) electrons. The fourth-order valence-corrected chi connectivity index (χ4v) is 3.89. The number of rotatable bonds is 7. The number of methoxy groups -OCH3 is 1. The molecule has 3 nitrogen and oxygen atoms in total. The zero-order chi connectivity index (χ0) is 21.1. The third kappa shape index (κ3) is 3.92. The van der Waals surface area contributed by atoms with Crippen molar-refractivity contribution in [2.24, 2.45) is 0 Å². The van der Waals surface area contributed by atoms with Gasteiger partial charge < -0.3 is 14.7 Å². The topological polar surface area (TPSA) is 32.7 Å². The van der Waals surface area contributed by atoms with Gasteiger partial charge in [0, 0.05) is 17.1 Å². The molecular formula is C20H16F5NO2S. The van der Waals surface area contributed by atoms with Crippen LogP contribution in [0.1, 0.15) is 16.5 Å². The Labute approximate surface area is 167 Å². The van der Waals surface area contributed by atoms with Crippen molar-refractivity contribution in [1.29, 1.82) is 0 Å².